The summed E-state index contributed by atoms with van der Waals surface area (Å²) < 4.78 is 11.0. The van der Waals surface area contributed by atoms with E-state index in [1.807, 2.05) is 60.7 Å². The molecule has 0 unspecified atom stereocenters. The van der Waals surface area contributed by atoms with Crippen LogP contribution >= 0.6 is 11.6 Å². The van der Waals surface area contributed by atoms with Crippen molar-refractivity contribution < 1.29 is 9.47 Å². The highest BCUT2D eigenvalue weighted by atomic mass is 35.5. The molecule has 2 aromatic rings. The number of amidine groups is 1. The third-order valence-electron chi connectivity index (χ3n) is 3.84. The van der Waals surface area contributed by atoms with Crippen LogP contribution in [0.1, 0.15) is 11.1 Å². The second-order valence-electron chi connectivity index (χ2n) is 5.12. The number of ether oxygens (including phenoxy) is 2. The van der Waals surface area contributed by atoms with Gasteiger partial charge in [0.15, 0.2) is 11.0 Å². The third kappa shape index (κ3) is 2.84. The highest BCUT2D eigenvalue weighted by molar-refractivity contribution is 6.64. The lowest BCUT2D eigenvalue weighted by Gasteiger charge is -2.45. The second-order valence-corrected chi connectivity index (χ2v) is 5.48. The van der Waals surface area contributed by atoms with Gasteiger partial charge < -0.3 is 9.47 Å². The van der Waals surface area contributed by atoms with Crippen molar-refractivity contribution in [3.8, 4) is 0 Å². The van der Waals surface area contributed by atoms with Crippen molar-refractivity contribution in [2.75, 3.05) is 14.2 Å². The van der Waals surface area contributed by atoms with Crippen LogP contribution in [0.15, 0.2) is 65.7 Å². The fourth-order valence-corrected chi connectivity index (χ4v) is 2.95. The van der Waals surface area contributed by atoms with Crippen molar-refractivity contribution in [3.05, 3.63) is 71.8 Å². The molecule has 1 aliphatic rings. The molecule has 1 aliphatic heterocycles. The molecule has 2 N–H and O–H groups in total. The summed E-state index contributed by atoms with van der Waals surface area (Å²) in [7, 11) is 3.06. The molecule has 2 aromatic carbocycles. The molecule has 5 nitrogen and oxygen atoms in total. The lowest BCUT2D eigenvalue weighted by atomic mass is 9.91. The average molecular weight is 332 g/mol. The normalized spacial score (nSPS) is 18.8. The zero-order chi connectivity index (χ0) is 16.3. The molecule has 0 aliphatic carbocycles. The highest BCUT2D eigenvalue weighted by Gasteiger charge is 2.48. The van der Waals surface area contributed by atoms with Crippen LogP contribution in [0.4, 0.5) is 0 Å². The van der Waals surface area contributed by atoms with Crippen LogP contribution < -0.4 is 10.6 Å². The van der Waals surface area contributed by atoms with Gasteiger partial charge in [0, 0.05) is 14.2 Å². The largest absolute Gasteiger partial charge is 0.323 e. The summed E-state index contributed by atoms with van der Waals surface area (Å²) in [6, 6.07) is 18.4. The van der Waals surface area contributed by atoms with Crippen molar-refractivity contribution in [1.82, 2.24) is 10.6 Å². The standard InChI is InChI=1S/C17H18ClN3O2/c1-22-17(23-2)20-15(18)19-16(21-17,13-9-5-3-6-10-13)14-11-7-4-8-12-14/h3-12,21H,1-2H3,(H,19,20). The molecule has 0 saturated carbocycles. The van der Waals surface area contributed by atoms with E-state index in [0.717, 1.165) is 11.1 Å². The molecule has 23 heavy (non-hydrogen) atoms. The van der Waals surface area contributed by atoms with Crippen molar-refractivity contribution >= 4 is 16.9 Å². The molecule has 0 aromatic heterocycles. The van der Waals surface area contributed by atoms with Gasteiger partial charge in [0.25, 0.3) is 0 Å². The minimum atomic E-state index is -1.29. The van der Waals surface area contributed by atoms with Crippen LogP contribution in [-0.4, -0.2) is 25.5 Å². The van der Waals surface area contributed by atoms with E-state index in [-0.39, 0.29) is 5.29 Å². The topological polar surface area (TPSA) is 54.9 Å². The molecule has 0 fully saturated rings. The first kappa shape index (κ1) is 16.0. The molecular weight excluding hydrogens is 314 g/mol. The minimum absolute atomic E-state index is 0.195. The molecule has 0 spiro atoms. The Morgan fingerprint density at radius 2 is 1.35 bits per heavy atom. The lowest BCUT2D eigenvalue weighted by Crippen LogP contribution is -2.69. The SMILES string of the molecule is COC1(OC)NC(Cl)=NC(c2ccccc2)(c2ccccc2)N1. The molecule has 0 atom stereocenters. The van der Waals surface area contributed by atoms with Gasteiger partial charge in [-0.15, -0.1) is 0 Å². The van der Waals surface area contributed by atoms with Crippen LogP contribution in [0, 0.1) is 0 Å². The number of hydrogen-bond donors (Lipinski definition) is 2. The van der Waals surface area contributed by atoms with Crippen LogP contribution in [0.5, 0.6) is 0 Å². The number of benzene rings is 2. The van der Waals surface area contributed by atoms with E-state index in [1.165, 1.54) is 14.2 Å². The van der Waals surface area contributed by atoms with Gasteiger partial charge in [-0.25, -0.2) is 10.3 Å². The summed E-state index contributed by atoms with van der Waals surface area (Å²) in [4.78, 5) is 4.65. The average Bonchev–Trinajstić information content (AvgIpc) is 2.62. The molecule has 0 bridgehead atoms. The number of rotatable bonds is 4. The maximum Gasteiger partial charge on any atom is 0.318 e. The number of nitrogens with zero attached hydrogens (tertiary/aromatic N) is 1. The highest BCUT2D eigenvalue weighted by Crippen LogP contribution is 2.35. The van der Waals surface area contributed by atoms with E-state index in [9.17, 15) is 0 Å². The quantitative estimate of drug-likeness (QED) is 0.668. The minimum Gasteiger partial charge on any atom is -0.323 e. The van der Waals surface area contributed by atoms with Gasteiger partial charge in [-0.05, 0) is 22.7 Å². The maximum atomic E-state index is 6.28. The second kappa shape index (κ2) is 6.29. The molecule has 0 amide bonds. The predicted molar refractivity (Wildman–Crippen MR) is 90.0 cm³/mol. The van der Waals surface area contributed by atoms with Crippen LogP contribution in [0.3, 0.4) is 0 Å². The molecule has 0 radical (unpaired) electrons. The molecule has 120 valence electrons. The number of halogens is 1. The Morgan fingerprint density at radius 3 is 1.78 bits per heavy atom. The Labute approximate surface area is 140 Å². The van der Waals surface area contributed by atoms with Crippen molar-refractivity contribution in [1.29, 1.82) is 0 Å². The lowest BCUT2D eigenvalue weighted by molar-refractivity contribution is -0.252. The molecular formula is C17H18ClN3O2. The van der Waals surface area contributed by atoms with E-state index in [4.69, 9.17) is 21.1 Å². The van der Waals surface area contributed by atoms with Crippen LogP contribution in [0.2, 0.25) is 0 Å². The van der Waals surface area contributed by atoms with Gasteiger partial charge in [0.2, 0.25) is 0 Å². The Balaban J connectivity index is 2.23. The zero-order valence-corrected chi connectivity index (χ0v) is 13.7. The summed E-state index contributed by atoms with van der Waals surface area (Å²) in [5, 5.41) is 6.39. The van der Waals surface area contributed by atoms with E-state index in [2.05, 4.69) is 15.6 Å². The Bertz CT molecular complexity index is 648. The fourth-order valence-electron chi connectivity index (χ4n) is 2.69. The van der Waals surface area contributed by atoms with Crippen molar-refractivity contribution in [2.24, 2.45) is 4.99 Å². The predicted octanol–water partition coefficient (Wildman–Crippen LogP) is 2.58. The first-order valence-electron chi connectivity index (χ1n) is 7.18. The van der Waals surface area contributed by atoms with E-state index in [1.54, 1.807) is 0 Å². The first-order chi connectivity index (χ1) is 11.1. The molecule has 1 heterocycles. The van der Waals surface area contributed by atoms with Gasteiger partial charge in [0.1, 0.15) is 0 Å². The van der Waals surface area contributed by atoms with Gasteiger partial charge in [-0.2, -0.15) is 0 Å². The Hall–Kier alpha value is -1.92. The fraction of sp³-hybridized carbons (Fsp3) is 0.235. The van der Waals surface area contributed by atoms with Crippen molar-refractivity contribution in [2.45, 2.75) is 11.7 Å². The number of hydrogen-bond acceptors (Lipinski definition) is 5. The molecule has 6 heteroatoms. The van der Waals surface area contributed by atoms with E-state index in [0.29, 0.717) is 0 Å². The van der Waals surface area contributed by atoms with Crippen LogP contribution in [-0.2, 0) is 15.1 Å². The number of aliphatic imine (C=N–C) groups is 1. The summed E-state index contributed by atoms with van der Waals surface area (Å²) in [6.45, 7) is 0. The third-order valence-corrected chi connectivity index (χ3v) is 4.02. The number of nitrogens with one attached hydrogen (secondary N) is 2. The van der Waals surface area contributed by atoms with E-state index < -0.39 is 11.7 Å². The molecule has 3 rings (SSSR count). The summed E-state index contributed by atoms with van der Waals surface area (Å²) in [5.74, 6) is 0. The summed E-state index contributed by atoms with van der Waals surface area (Å²) >= 11 is 6.28. The monoisotopic (exact) mass is 331 g/mol. The van der Waals surface area contributed by atoms with Gasteiger partial charge in [-0.1, -0.05) is 60.7 Å². The van der Waals surface area contributed by atoms with Crippen molar-refractivity contribution in [3.63, 3.8) is 0 Å². The number of methoxy groups -OCH3 is 2. The van der Waals surface area contributed by atoms with E-state index >= 15 is 0 Å². The first-order valence-corrected chi connectivity index (χ1v) is 7.56. The smallest absolute Gasteiger partial charge is 0.318 e. The zero-order valence-electron chi connectivity index (χ0n) is 12.9. The van der Waals surface area contributed by atoms with Gasteiger partial charge in [-0.3, -0.25) is 5.32 Å². The summed E-state index contributed by atoms with van der Waals surface area (Å²) in [5.41, 5.74) is 0.908. The summed E-state index contributed by atoms with van der Waals surface area (Å²) in [6.07, 6.45) is 0. The van der Waals surface area contributed by atoms with Gasteiger partial charge >= 0.3 is 6.03 Å². The maximum absolute atomic E-state index is 6.28. The Morgan fingerprint density at radius 1 is 0.870 bits per heavy atom. The Kier molecular flexibility index (Phi) is 4.37. The van der Waals surface area contributed by atoms with Crippen LogP contribution in [0.25, 0.3) is 0 Å². The van der Waals surface area contributed by atoms with Gasteiger partial charge in [0.05, 0.1) is 0 Å². The molecule has 0 saturated heterocycles.